The molecule has 0 aliphatic heterocycles. The third kappa shape index (κ3) is 5.46. The van der Waals surface area contributed by atoms with Crippen LogP contribution in [0.25, 0.3) is 0 Å². The summed E-state index contributed by atoms with van der Waals surface area (Å²) in [6, 6.07) is 4.74. The zero-order valence-corrected chi connectivity index (χ0v) is 13.1. The zero-order valence-electron chi connectivity index (χ0n) is 12.4. The van der Waals surface area contributed by atoms with Gasteiger partial charge < -0.3 is 10.2 Å². The SMILES string of the molecule is Cc1cc(C(=O)C(CC(=O)O)CN(C)CC(=O)O)ccc1Cl. The molecule has 1 aromatic carbocycles. The Kier molecular flexibility index (Phi) is 6.52. The minimum atomic E-state index is -1.10. The average molecular weight is 328 g/mol. The minimum absolute atomic E-state index is 0.0547. The predicted molar refractivity (Wildman–Crippen MR) is 81.4 cm³/mol. The number of carbonyl (C=O) groups excluding carboxylic acids is 1. The van der Waals surface area contributed by atoms with Gasteiger partial charge in [0.05, 0.1) is 13.0 Å². The van der Waals surface area contributed by atoms with E-state index in [1.54, 1.807) is 25.1 Å². The monoisotopic (exact) mass is 327 g/mol. The summed E-state index contributed by atoms with van der Waals surface area (Å²) in [5.74, 6) is -3.29. The molecule has 0 aliphatic carbocycles. The summed E-state index contributed by atoms with van der Waals surface area (Å²) in [5.41, 5.74) is 1.09. The van der Waals surface area contributed by atoms with Gasteiger partial charge in [0.15, 0.2) is 5.78 Å². The molecule has 2 N–H and O–H groups in total. The Morgan fingerprint density at radius 2 is 1.86 bits per heavy atom. The molecule has 0 aliphatic rings. The van der Waals surface area contributed by atoms with Crippen molar-refractivity contribution >= 4 is 29.3 Å². The van der Waals surface area contributed by atoms with Crippen molar-refractivity contribution in [1.29, 1.82) is 0 Å². The van der Waals surface area contributed by atoms with E-state index in [9.17, 15) is 14.4 Å². The highest BCUT2D eigenvalue weighted by molar-refractivity contribution is 6.31. The third-order valence-corrected chi connectivity index (χ3v) is 3.60. The summed E-state index contributed by atoms with van der Waals surface area (Å²) in [7, 11) is 1.53. The van der Waals surface area contributed by atoms with Gasteiger partial charge in [0.1, 0.15) is 0 Å². The predicted octanol–water partition coefficient (Wildman–Crippen LogP) is 1.94. The van der Waals surface area contributed by atoms with Crippen molar-refractivity contribution in [2.75, 3.05) is 20.1 Å². The van der Waals surface area contributed by atoms with Crippen LogP contribution >= 0.6 is 11.6 Å². The summed E-state index contributed by atoms with van der Waals surface area (Å²) < 4.78 is 0. The number of carboxylic acid groups (broad SMARTS) is 2. The number of aryl methyl sites for hydroxylation is 1. The van der Waals surface area contributed by atoms with Crippen LogP contribution in [0.2, 0.25) is 5.02 Å². The molecule has 0 radical (unpaired) electrons. The molecule has 22 heavy (non-hydrogen) atoms. The Labute approximate surface area is 133 Å². The molecule has 1 unspecified atom stereocenters. The van der Waals surface area contributed by atoms with Crippen LogP contribution in [0.5, 0.6) is 0 Å². The van der Waals surface area contributed by atoms with E-state index in [0.717, 1.165) is 5.56 Å². The number of nitrogens with zero attached hydrogens (tertiary/aromatic N) is 1. The fourth-order valence-electron chi connectivity index (χ4n) is 2.16. The summed E-state index contributed by atoms with van der Waals surface area (Å²) in [5, 5.41) is 18.2. The molecule has 0 spiro atoms. The lowest BCUT2D eigenvalue weighted by Gasteiger charge is -2.21. The highest BCUT2D eigenvalue weighted by Crippen LogP contribution is 2.20. The van der Waals surface area contributed by atoms with Gasteiger partial charge in [0.2, 0.25) is 0 Å². The maximum Gasteiger partial charge on any atom is 0.317 e. The number of ketones is 1. The fourth-order valence-corrected chi connectivity index (χ4v) is 2.27. The first kappa shape index (κ1) is 18.1. The van der Waals surface area contributed by atoms with Gasteiger partial charge in [-0.25, -0.2) is 0 Å². The Hall–Kier alpha value is -1.92. The number of carboxylic acids is 2. The third-order valence-electron chi connectivity index (χ3n) is 3.17. The number of halogens is 1. The van der Waals surface area contributed by atoms with Crippen molar-refractivity contribution in [1.82, 2.24) is 4.90 Å². The summed E-state index contributed by atoms with van der Waals surface area (Å²) in [6.45, 7) is 1.55. The molecule has 0 amide bonds. The van der Waals surface area contributed by atoms with Crippen molar-refractivity contribution in [3.8, 4) is 0 Å². The van der Waals surface area contributed by atoms with Crippen molar-refractivity contribution in [2.24, 2.45) is 5.92 Å². The smallest absolute Gasteiger partial charge is 0.317 e. The van der Waals surface area contributed by atoms with Crippen LogP contribution in [0.1, 0.15) is 22.3 Å². The Bertz CT molecular complexity index is 587. The molecule has 1 aromatic rings. The van der Waals surface area contributed by atoms with E-state index < -0.39 is 17.9 Å². The summed E-state index contributed by atoms with van der Waals surface area (Å²) >= 11 is 5.91. The second-order valence-electron chi connectivity index (χ2n) is 5.21. The van der Waals surface area contributed by atoms with E-state index in [4.69, 9.17) is 21.8 Å². The van der Waals surface area contributed by atoms with E-state index >= 15 is 0 Å². The number of hydrogen-bond donors (Lipinski definition) is 2. The number of Topliss-reactive ketones (excluding diaryl/α,β-unsaturated/α-hetero) is 1. The van der Waals surface area contributed by atoms with Crippen LogP contribution in [0.4, 0.5) is 0 Å². The van der Waals surface area contributed by atoms with Crippen LogP contribution in [-0.2, 0) is 9.59 Å². The molecule has 1 atom stereocenters. The van der Waals surface area contributed by atoms with E-state index in [-0.39, 0.29) is 25.3 Å². The van der Waals surface area contributed by atoms with Gasteiger partial charge in [-0.05, 0) is 37.7 Å². The Balaban J connectivity index is 2.94. The maximum atomic E-state index is 12.5. The van der Waals surface area contributed by atoms with Gasteiger partial charge in [0, 0.05) is 23.0 Å². The van der Waals surface area contributed by atoms with Crippen LogP contribution in [-0.4, -0.2) is 53.0 Å². The van der Waals surface area contributed by atoms with Gasteiger partial charge >= 0.3 is 11.9 Å². The standard InChI is InChI=1S/C15H18ClNO5/c1-9-5-10(3-4-12(9)16)15(22)11(6-13(18)19)7-17(2)8-14(20)21/h3-5,11H,6-8H2,1-2H3,(H,18,19)(H,20,21). The number of benzene rings is 1. The first-order valence-corrected chi connectivity index (χ1v) is 7.01. The van der Waals surface area contributed by atoms with Gasteiger partial charge in [-0.1, -0.05) is 11.6 Å². The van der Waals surface area contributed by atoms with E-state index in [1.807, 2.05) is 0 Å². The second-order valence-corrected chi connectivity index (χ2v) is 5.62. The first-order valence-electron chi connectivity index (χ1n) is 6.63. The molecule has 0 saturated heterocycles. The first-order chi connectivity index (χ1) is 10.2. The second kappa shape index (κ2) is 7.91. The van der Waals surface area contributed by atoms with Crippen LogP contribution < -0.4 is 0 Å². The molecule has 7 heteroatoms. The lowest BCUT2D eigenvalue weighted by molar-refractivity contribution is -0.138. The number of hydrogen-bond acceptors (Lipinski definition) is 4. The molecule has 0 bridgehead atoms. The van der Waals surface area contributed by atoms with Crippen molar-refractivity contribution in [3.63, 3.8) is 0 Å². The fraction of sp³-hybridized carbons (Fsp3) is 0.400. The van der Waals surface area contributed by atoms with Gasteiger partial charge in [-0.3, -0.25) is 19.3 Å². The maximum absolute atomic E-state index is 12.5. The molecule has 120 valence electrons. The summed E-state index contributed by atoms with van der Waals surface area (Å²) in [6.07, 6.45) is -0.357. The lowest BCUT2D eigenvalue weighted by Crippen LogP contribution is -2.35. The van der Waals surface area contributed by atoms with Gasteiger partial charge in [-0.2, -0.15) is 0 Å². The quantitative estimate of drug-likeness (QED) is 0.708. The van der Waals surface area contributed by atoms with E-state index in [2.05, 4.69) is 0 Å². The van der Waals surface area contributed by atoms with Gasteiger partial charge in [-0.15, -0.1) is 0 Å². The number of likely N-dealkylation sites (N-methyl/N-ethyl adjacent to an activating group) is 1. The number of aliphatic carboxylic acids is 2. The highest BCUT2D eigenvalue weighted by Gasteiger charge is 2.25. The highest BCUT2D eigenvalue weighted by atomic mass is 35.5. The van der Waals surface area contributed by atoms with Crippen LogP contribution in [0.15, 0.2) is 18.2 Å². The van der Waals surface area contributed by atoms with Crippen LogP contribution in [0.3, 0.4) is 0 Å². The average Bonchev–Trinajstić information content (AvgIpc) is 2.39. The molecule has 0 heterocycles. The molecule has 1 rings (SSSR count). The van der Waals surface area contributed by atoms with Crippen molar-refractivity contribution < 1.29 is 24.6 Å². The molecular weight excluding hydrogens is 310 g/mol. The lowest BCUT2D eigenvalue weighted by atomic mass is 9.93. The van der Waals surface area contributed by atoms with Gasteiger partial charge in [0.25, 0.3) is 0 Å². The molecular formula is C15H18ClNO5. The largest absolute Gasteiger partial charge is 0.481 e. The normalized spacial score (nSPS) is 12.2. The molecule has 0 saturated carbocycles. The van der Waals surface area contributed by atoms with E-state index in [0.29, 0.717) is 10.6 Å². The number of carbonyl (C=O) groups is 3. The zero-order chi connectivity index (χ0) is 16.9. The molecule has 6 nitrogen and oxygen atoms in total. The Morgan fingerprint density at radius 3 is 2.36 bits per heavy atom. The van der Waals surface area contributed by atoms with E-state index in [1.165, 1.54) is 11.9 Å². The number of rotatable bonds is 8. The molecule has 0 aromatic heterocycles. The Morgan fingerprint density at radius 1 is 1.23 bits per heavy atom. The minimum Gasteiger partial charge on any atom is -0.481 e. The summed E-state index contributed by atoms with van der Waals surface area (Å²) in [4.78, 5) is 35.5. The topological polar surface area (TPSA) is 94.9 Å². The molecule has 0 fully saturated rings. The van der Waals surface area contributed by atoms with Crippen molar-refractivity contribution in [3.05, 3.63) is 34.3 Å². The van der Waals surface area contributed by atoms with Crippen LogP contribution in [0, 0.1) is 12.8 Å². The van der Waals surface area contributed by atoms with Crippen molar-refractivity contribution in [2.45, 2.75) is 13.3 Å².